The number of aromatic nitrogens is 1. The van der Waals surface area contributed by atoms with Gasteiger partial charge in [-0.15, -0.1) is 0 Å². The number of rotatable bonds is 7. The van der Waals surface area contributed by atoms with Crippen molar-refractivity contribution in [2.75, 3.05) is 14.2 Å². The molecule has 0 spiro atoms. The summed E-state index contributed by atoms with van der Waals surface area (Å²) in [5, 5.41) is -0.241. The van der Waals surface area contributed by atoms with Crippen LogP contribution in [0.25, 0.3) is 0 Å². The van der Waals surface area contributed by atoms with E-state index in [9.17, 15) is 18.0 Å². The zero-order valence-electron chi connectivity index (χ0n) is 14.2. The Hall–Kier alpha value is -2.78. The molecule has 0 amide bonds. The SMILES string of the molecule is COC(=O)C(C(=O)OC)[C@H](NS(=O)(=O)c1ccccn1)c1ccccc1. The number of hydrogen-bond donors (Lipinski definition) is 1. The fraction of sp³-hybridized carbons (Fsp3) is 0.235. The molecule has 0 aliphatic rings. The summed E-state index contributed by atoms with van der Waals surface area (Å²) in [7, 11) is -1.90. The number of carbonyl (C=O) groups excluding carboxylic acids is 2. The molecule has 9 heteroatoms. The van der Waals surface area contributed by atoms with Gasteiger partial charge in [-0.3, -0.25) is 9.59 Å². The second kappa shape index (κ2) is 8.54. The van der Waals surface area contributed by atoms with E-state index in [0.29, 0.717) is 5.56 Å². The molecular formula is C17H18N2O6S. The van der Waals surface area contributed by atoms with E-state index in [1.165, 1.54) is 18.3 Å². The summed E-state index contributed by atoms with van der Waals surface area (Å²) in [6, 6.07) is 11.4. The Balaban J connectivity index is 2.51. The number of nitrogens with one attached hydrogen (secondary N) is 1. The Labute approximate surface area is 151 Å². The molecule has 2 rings (SSSR count). The van der Waals surface area contributed by atoms with Crippen molar-refractivity contribution >= 4 is 22.0 Å². The molecule has 0 fully saturated rings. The van der Waals surface area contributed by atoms with Gasteiger partial charge >= 0.3 is 11.9 Å². The highest BCUT2D eigenvalue weighted by Gasteiger charge is 2.40. The Bertz CT molecular complexity index is 839. The van der Waals surface area contributed by atoms with E-state index in [0.717, 1.165) is 14.2 Å². The molecule has 26 heavy (non-hydrogen) atoms. The number of benzene rings is 1. The lowest BCUT2D eigenvalue weighted by Crippen LogP contribution is -2.41. The molecule has 2 aromatic rings. The first-order chi connectivity index (χ1) is 12.4. The first-order valence-electron chi connectivity index (χ1n) is 7.54. The predicted molar refractivity (Wildman–Crippen MR) is 91.3 cm³/mol. The molecule has 0 aliphatic heterocycles. The van der Waals surface area contributed by atoms with Crippen molar-refractivity contribution in [3.63, 3.8) is 0 Å². The first-order valence-corrected chi connectivity index (χ1v) is 9.03. The summed E-state index contributed by atoms with van der Waals surface area (Å²) >= 11 is 0. The number of hydrogen-bond acceptors (Lipinski definition) is 7. The molecule has 0 saturated heterocycles. The zero-order valence-corrected chi connectivity index (χ0v) is 15.0. The highest BCUT2D eigenvalue weighted by Crippen LogP contribution is 2.26. The summed E-state index contributed by atoms with van der Waals surface area (Å²) in [6.45, 7) is 0. The third-order valence-electron chi connectivity index (χ3n) is 3.60. The number of methoxy groups -OCH3 is 2. The lowest BCUT2D eigenvalue weighted by Gasteiger charge is -2.24. The maximum atomic E-state index is 12.7. The average Bonchev–Trinajstić information content (AvgIpc) is 2.68. The topological polar surface area (TPSA) is 112 Å². The van der Waals surface area contributed by atoms with Gasteiger partial charge in [-0.1, -0.05) is 36.4 Å². The van der Waals surface area contributed by atoms with Gasteiger partial charge in [0.2, 0.25) is 0 Å². The van der Waals surface area contributed by atoms with Gasteiger partial charge in [-0.2, -0.15) is 0 Å². The monoisotopic (exact) mass is 378 g/mol. The molecule has 1 aromatic heterocycles. The molecule has 0 radical (unpaired) electrons. The van der Waals surface area contributed by atoms with Crippen LogP contribution in [0.3, 0.4) is 0 Å². The predicted octanol–water partition coefficient (Wildman–Crippen LogP) is 1.06. The molecule has 0 unspecified atom stereocenters. The summed E-state index contributed by atoms with van der Waals surface area (Å²) in [6.07, 6.45) is 1.32. The van der Waals surface area contributed by atoms with Gasteiger partial charge in [0, 0.05) is 6.20 Å². The molecule has 1 N–H and O–H groups in total. The Morgan fingerprint density at radius 2 is 1.54 bits per heavy atom. The number of sulfonamides is 1. The van der Waals surface area contributed by atoms with Crippen molar-refractivity contribution in [3.05, 3.63) is 60.3 Å². The van der Waals surface area contributed by atoms with Crippen molar-refractivity contribution in [2.24, 2.45) is 5.92 Å². The third-order valence-corrected chi connectivity index (χ3v) is 4.95. The molecule has 138 valence electrons. The first kappa shape index (κ1) is 19.5. The normalized spacial score (nSPS) is 12.4. The number of pyridine rings is 1. The molecule has 1 heterocycles. The minimum Gasteiger partial charge on any atom is -0.468 e. The van der Waals surface area contributed by atoms with Gasteiger partial charge in [0.1, 0.15) is 0 Å². The van der Waals surface area contributed by atoms with E-state index in [1.54, 1.807) is 36.4 Å². The van der Waals surface area contributed by atoms with E-state index in [2.05, 4.69) is 19.2 Å². The van der Waals surface area contributed by atoms with E-state index < -0.39 is 33.9 Å². The van der Waals surface area contributed by atoms with Crippen molar-refractivity contribution in [2.45, 2.75) is 11.1 Å². The fourth-order valence-corrected chi connectivity index (χ4v) is 3.53. The van der Waals surface area contributed by atoms with Crippen LogP contribution in [-0.4, -0.2) is 39.6 Å². The van der Waals surface area contributed by atoms with Gasteiger partial charge in [0.25, 0.3) is 10.0 Å². The maximum absolute atomic E-state index is 12.7. The molecule has 0 aliphatic carbocycles. The minimum absolute atomic E-state index is 0.241. The molecule has 8 nitrogen and oxygen atoms in total. The Morgan fingerprint density at radius 1 is 0.962 bits per heavy atom. The van der Waals surface area contributed by atoms with E-state index in [1.807, 2.05) is 0 Å². The van der Waals surface area contributed by atoms with Crippen LogP contribution >= 0.6 is 0 Å². The van der Waals surface area contributed by atoms with Crippen LogP contribution in [0.1, 0.15) is 11.6 Å². The van der Waals surface area contributed by atoms with Crippen molar-refractivity contribution in [1.82, 2.24) is 9.71 Å². The van der Waals surface area contributed by atoms with Crippen LogP contribution < -0.4 is 4.72 Å². The standard InChI is InChI=1S/C17H18N2O6S/c1-24-16(20)14(17(21)25-2)15(12-8-4-3-5-9-12)19-26(22,23)13-10-6-7-11-18-13/h3-11,14-15,19H,1-2H3/t15-/m1/s1. The number of ether oxygens (including phenoxy) is 2. The molecule has 0 saturated carbocycles. The number of nitrogens with zero attached hydrogens (tertiary/aromatic N) is 1. The van der Waals surface area contributed by atoms with Crippen LogP contribution in [0.4, 0.5) is 0 Å². The fourth-order valence-electron chi connectivity index (χ4n) is 2.34. The van der Waals surface area contributed by atoms with Crippen molar-refractivity contribution in [1.29, 1.82) is 0 Å². The molecular weight excluding hydrogens is 360 g/mol. The van der Waals surface area contributed by atoms with Crippen molar-refractivity contribution < 1.29 is 27.5 Å². The third kappa shape index (κ3) is 4.44. The number of esters is 2. The highest BCUT2D eigenvalue weighted by molar-refractivity contribution is 7.89. The van der Waals surface area contributed by atoms with Crippen molar-refractivity contribution in [3.8, 4) is 0 Å². The Morgan fingerprint density at radius 3 is 2.04 bits per heavy atom. The van der Waals surface area contributed by atoms with E-state index >= 15 is 0 Å². The van der Waals surface area contributed by atoms with Gasteiger partial charge in [-0.25, -0.2) is 18.1 Å². The second-order valence-electron chi connectivity index (χ2n) is 5.20. The lowest BCUT2D eigenvalue weighted by atomic mass is 9.94. The summed E-state index contributed by atoms with van der Waals surface area (Å²) in [5.74, 6) is -3.37. The van der Waals surface area contributed by atoms with Crippen LogP contribution in [0.15, 0.2) is 59.8 Å². The van der Waals surface area contributed by atoms with Crippen LogP contribution in [-0.2, 0) is 29.1 Å². The minimum atomic E-state index is -4.11. The quantitative estimate of drug-likeness (QED) is 0.566. The summed E-state index contributed by atoms with van der Waals surface area (Å²) in [5.41, 5.74) is 0.396. The highest BCUT2D eigenvalue weighted by atomic mass is 32.2. The van der Waals surface area contributed by atoms with Gasteiger partial charge in [0.05, 0.1) is 20.3 Å². The second-order valence-corrected chi connectivity index (χ2v) is 6.86. The van der Waals surface area contributed by atoms with Gasteiger partial charge in [0.15, 0.2) is 10.9 Å². The average molecular weight is 378 g/mol. The lowest BCUT2D eigenvalue weighted by molar-refractivity contribution is -0.160. The number of carbonyl (C=O) groups is 2. The molecule has 1 aromatic carbocycles. The van der Waals surface area contributed by atoms with Crippen LogP contribution in [0, 0.1) is 5.92 Å². The zero-order chi connectivity index (χ0) is 19.2. The summed E-state index contributed by atoms with van der Waals surface area (Å²) < 4.78 is 37.0. The van der Waals surface area contributed by atoms with Crippen LogP contribution in [0.2, 0.25) is 0 Å². The largest absolute Gasteiger partial charge is 0.468 e. The van der Waals surface area contributed by atoms with E-state index in [4.69, 9.17) is 0 Å². The van der Waals surface area contributed by atoms with E-state index in [-0.39, 0.29) is 5.03 Å². The smallest absolute Gasteiger partial charge is 0.322 e. The molecule has 1 atom stereocenters. The van der Waals surface area contributed by atoms with Gasteiger partial charge in [-0.05, 0) is 17.7 Å². The Kier molecular flexibility index (Phi) is 6.42. The van der Waals surface area contributed by atoms with Crippen LogP contribution in [0.5, 0.6) is 0 Å². The maximum Gasteiger partial charge on any atom is 0.322 e. The summed E-state index contributed by atoms with van der Waals surface area (Å²) in [4.78, 5) is 28.2. The van der Waals surface area contributed by atoms with Gasteiger partial charge < -0.3 is 9.47 Å². The molecule has 0 bridgehead atoms.